The van der Waals surface area contributed by atoms with Gasteiger partial charge >= 0.3 is 12.2 Å². The van der Waals surface area contributed by atoms with Crippen molar-refractivity contribution in [1.29, 1.82) is 0 Å². The van der Waals surface area contributed by atoms with Crippen LogP contribution in [0.15, 0.2) is 146 Å². The Morgan fingerprint density at radius 2 is 1.05 bits per heavy atom. The summed E-state index contributed by atoms with van der Waals surface area (Å²) in [7, 11) is 0. The molecule has 0 saturated heterocycles. The van der Waals surface area contributed by atoms with Crippen molar-refractivity contribution in [3.8, 4) is 39.5 Å². The highest BCUT2D eigenvalue weighted by Crippen LogP contribution is 2.51. The highest BCUT2D eigenvalue weighted by molar-refractivity contribution is 6.14. The number of ether oxygens (including phenoxy) is 1. The molecule has 1 aliphatic carbocycles. The molecule has 4 N–H and O–H groups in total. The summed E-state index contributed by atoms with van der Waals surface area (Å²) in [6.45, 7) is 6.61. The maximum Gasteiger partial charge on any atom is 0.412 e. The van der Waals surface area contributed by atoms with Gasteiger partial charge in [-0.15, -0.1) is 0 Å². The number of amides is 2. The van der Waals surface area contributed by atoms with E-state index < -0.39 is 23.6 Å². The molecule has 1 fully saturated rings. The largest absolute Gasteiger partial charge is 0.507 e. The summed E-state index contributed by atoms with van der Waals surface area (Å²) in [6.07, 6.45) is 0.0311. The van der Waals surface area contributed by atoms with E-state index in [1.165, 1.54) is 4.90 Å². The van der Waals surface area contributed by atoms with Gasteiger partial charge in [0.15, 0.2) is 0 Å². The second-order valence-electron chi connectivity index (χ2n) is 17.3. The molecule has 0 bridgehead atoms. The van der Waals surface area contributed by atoms with Gasteiger partial charge in [0.25, 0.3) is 0 Å². The van der Waals surface area contributed by atoms with Crippen molar-refractivity contribution in [2.45, 2.75) is 46.1 Å². The fourth-order valence-corrected chi connectivity index (χ4v) is 10.1. The molecule has 2 atom stereocenters. The zero-order valence-electron chi connectivity index (χ0n) is 33.8. The molecular weight excluding hydrogens is 749 g/mol. The summed E-state index contributed by atoms with van der Waals surface area (Å²) in [4.78, 5) is 29.1. The van der Waals surface area contributed by atoms with Crippen LogP contribution in [0.1, 0.15) is 40.0 Å². The van der Waals surface area contributed by atoms with Crippen molar-refractivity contribution in [2.75, 3.05) is 11.4 Å². The fraction of sp³-hybridized carbons (Fsp3) is 0.192. The summed E-state index contributed by atoms with van der Waals surface area (Å²) >= 11 is 0. The Labute approximate surface area is 348 Å². The number of hydrogen-bond acceptors (Lipinski definition) is 5. The topological polar surface area (TPSA) is 119 Å². The van der Waals surface area contributed by atoms with Crippen LogP contribution in [0.25, 0.3) is 65.3 Å². The van der Waals surface area contributed by atoms with Crippen LogP contribution in [-0.4, -0.2) is 40.1 Å². The number of phenolic OH excluding ortho intramolecular Hbond substituents is 2. The lowest BCUT2D eigenvalue weighted by Crippen LogP contribution is -2.52. The number of nitrogens with one attached hydrogen (secondary N) is 1. The number of benzene rings is 8. The maximum atomic E-state index is 13.9. The average molecular weight is 795 g/mol. The minimum atomic E-state index is -1.09. The first kappa shape index (κ1) is 38.5. The quantitative estimate of drug-likeness (QED) is 0.128. The van der Waals surface area contributed by atoms with Crippen molar-refractivity contribution in [2.24, 2.45) is 10.8 Å². The minimum absolute atomic E-state index is 0.0680. The number of anilines is 1. The zero-order chi connectivity index (χ0) is 41.8. The predicted molar refractivity (Wildman–Crippen MR) is 241 cm³/mol. The summed E-state index contributed by atoms with van der Waals surface area (Å²) < 4.78 is 6.14. The Kier molecular flexibility index (Phi) is 9.58. The standard InChI is InChI=1S/C52H46N2O6/c1-51(2)28-36(54(50(58)59)41-24-20-32-12-4-8-16-37(32)45(41)46-38-17-9-5-13-33(38)21-25-42(46)55)29-52(3,30-51)31-53-49(57)60-44-27-23-35-15-7-11-19-40(35)48(44)47-39-18-10-6-14-34(39)22-26-43(47)56/h4-27,36,55-56H,28-31H2,1-3H3,(H,53,57)(H,58,59). The van der Waals surface area contributed by atoms with Gasteiger partial charge in [0.05, 0.1) is 5.69 Å². The molecule has 0 spiro atoms. The van der Waals surface area contributed by atoms with E-state index in [9.17, 15) is 24.9 Å². The van der Waals surface area contributed by atoms with Crippen LogP contribution in [-0.2, 0) is 0 Å². The Morgan fingerprint density at radius 3 is 1.58 bits per heavy atom. The van der Waals surface area contributed by atoms with E-state index >= 15 is 0 Å². The van der Waals surface area contributed by atoms with E-state index in [-0.39, 0.29) is 23.5 Å². The third-order valence-corrected chi connectivity index (χ3v) is 12.2. The van der Waals surface area contributed by atoms with Gasteiger partial charge in [-0.25, -0.2) is 9.59 Å². The average Bonchev–Trinajstić information content (AvgIpc) is 3.23. The second-order valence-corrected chi connectivity index (χ2v) is 17.3. The zero-order valence-corrected chi connectivity index (χ0v) is 33.8. The fourth-order valence-electron chi connectivity index (χ4n) is 10.1. The number of phenols is 2. The van der Waals surface area contributed by atoms with Gasteiger partial charge in [0, 0.05) is 34.8 Å². The van der Waals surface area contributed by atoms with Gasteiger partial charge in [-0.2, -0.15) is 0 Å². The molecule has 300 valence electrons. The molecule has 0 aliphatic heterocycles. The SMILES string of the molecule is CC1(C)CC(N(C(=O)O)c2ccc3ccccc3c2-c2c(O)ccc3ccccc23)CC(C)(CNC(=O)Oc2ccc3ccccc3c2-c2c(O)ccc3ccccc23)C1. The number of carboxylic acid groups (broad SMARTS) is 1. The molecule has 0 radical (unpaired) electrons. The maximum absolute atomic E-state index is 13.9. The second kappa shape index (κ2) is 15.0. The lowest BCUT2D eigenvalue weighted by Gasteiger charge is -2.49. The van der Waals surface area contributed by atoms with E-state index in [2.05, 4.69) is 26.1 Å². The first-order valence-corrected chi connectivity index (χ1v) is 20.3. The number of fused-ring (bicyclic) bond motifs is 4. The monoisotopic (exact) mass is 794 g/mol. The molecule has 1 aliphatic rings. The van der Waals surface area contributed by atoms with Crippen LogP contribution in [0.3, 0.4) is 0 Å². The van der Waals surface area contributed by atoms with Crippen LogP contribution < -0.4 is 15.0 Å². The highest BCUT2D eigenvalue weighted by atomic mass is 16.6. The van der Waals surface area contributed by atoms with Crippen LogP contribution in [0, 0.1) is 10.8 Å². The molecule has 8 heteroatoms. The molecule has 8 aromatic carbocycles. The highest BCUT2D eigenvalue weighted by Gasteiger charge is 2.45. The molecule has 2 amide bonds. The van der Waals surface area contributed by atoms with Gasteiger partial charge in [0.1, 0.15) is 17.2 Å². The third-order valence-electron chi connectivity index (χ3n) is 12.2. The summed E-state index contributed by atoms with van der Waals surface area (Å²) in [6, 6.07) is 45.3. The molecule has 2 unspecified atom stereocenters. The molecule has 8 nitrogen and oxygen atoms in total. The Balaban J connectivity index is 1.05. The number of carbonyl (C=O) groups excluding carboxylic acids is 1. The number of nitrogens with zero attached hydrogens (tertiary/aromatic N) is 1. The van der Waals surface area contributed by atoms with Crippen molar-refractivity contribution < 1.29 is 29.6 Å². The number of hydrogen-bond donors (Lipinski definition) is 4. The smallest absolute Gasteiger partial charge is 0.412 e. The van der Waals surface area contributed by atoms with Crippen LogP contribution in [0.2, 0.25) is 0 Å². The van der Waals surface area contributed by atoms with Gasteiger partial charge < -0.3 is 25.4 Å². The lowest BCUT2D eigenvalue weighted by molar-refractivity contribution is 0.0784. The molecule has 8 aromatic rings. The Bertz CT molecular complexity index is 2990. The van der Waals surface area contributed by atoms with Crippen molar-refractivity contribution in [3.63, 3.8) is 0 Å². The van der Waals surface area contributed by atoms with Crippen molar-refractivity contribution in [1.82, 2.24) is 5.32 Å². The van der Waals surface area contributed by atoms with E-state index in [0.717, 1.165) is 49.5 Å². The van der Waals surface area contributed by atoms with Gasteiger partial charge in [0.2, 0.25) is 0 Å². The van der Waals surface area contributed by atoms with Gasteiger partial charge in [-0.3, -0.25) is 4.90 Å². The van der Waals surface area contributed by atoms with Crippen LogP contribution in [0.5, 0.6) is 17.2 Å². The van der Waals surface area contributed by atoms with E-state index in [0.29, 0.717) is 46.5 Å². The van der Waals surface area contributed by atoms with Gasteiger partial charge in [-0.1, -0.05) is 142 Å². The Morgan fingerprint density at radius 1 is 0.600 bits per heavy atom. The van der Waals surface area contributed by atoms with Gasteiger partial charge in [-0.05, 0) is 97.4 Å². The number of carbonyl (C=O) groups is 2. The summed E-state index contributed by atoms with van der Waals surface area (Å²) in [5.41, 5.74) is 2.09. The molecule has 9 rings (SSSR count). The first-order chi connectivity index (χ1) is 28.9. The summed E-state index contributed by atoms with van der Waals surface area (Å²) in [5, 5.41) is 44.1. The Hall–Kier alpha value is -7.06. The minimum Gasteiger partial charge on any atom is -0.507 e. The van der Waals surface area contributed by atoms with E-state index in [1.54, 1.807) is 18.2 Å². The molecule has 60 heavy (non-hydrogen) atoms. The first-order valence-electron chi connectivity index (χ1n) is 20.3. The van der Waals surface area contributed by atoms with Crippen molar-refractivity contribution >= 4 is 61.0 Å². The van der Waals surface area contributed by atoms with Crippen LogP contribution in [0.4, 0.5) is 15.3 Å². The van der Waals surface area contributed by atoms with E-state index in [4.69, 9.17) is 4.74 Å². The van der Waals surface area contributed by atoms with Crippen LogP contribution >= 0.6 is 0 Å². The normalized spacial score (nSPS) is 17.5. The molecular formula is C52H46N2O6. The number of aromatic hydroxyl groups is 2. The van der Waals surface area contributed by atoms with E-state index in [1.807, 2.05) is 127 Å². The molecule has 0 heterocycles. The number of rotatable bonds is 7. The third kappa shape index (κ3) is 6.98. The van der Waals surface area contributed by atoms with Crippen molar-refractivity contribution in [3.05, 3.63) is 146 Å². The molecule has 1 saturated carbocycles. The lowest BCUT2D eigenvalue weighted by atomic mass is 9.62. The summed E-state index contributed by atoms with van der Waals surface area (Å²) in [5.74, 6) is 0.451. The predicted octanol–water partition coefficient (Wildman–Crippen LogP) is 12.9. The molecule has 0 aromatic heterocycles.